The SMILES string of the molecule is CCN(CC)S(=O)(=O)N1CCN(C(C)C(=O)Nc2ccccc2SC)CC1. The number of carbonyl (C=O) groups is 1. The summed E-state index contributed by atoms with van der Waals surface area (Å²) in [5.74, 6) is -0.0726. The first-order valence-corrected chi connectivity index (χ1v) is 11.9. The number of carbonyl (C=O) groups excluding carboxylic acids is 1. The van der Waals surface area contributed by atoms with Gasteiger partial charge in [0.2, 0.25) is 5.91 Å². The first-order chi connectivity index (χ1) is 12.8. The molecule has 0 radical (unpaired) electrons. The Kier molecular flexibility index (Phi) is 8.11. The van der Waals surface area contributed by atoms with Crippen LogP contribution in [0.4, 0.5) is 5.69 Å². The van der Waals surface area contributed by atoms with Crippen molar-refractivity contribution in [3.63, 3.8) is 0 Å². The predicted molar refractivity (Wildman–Crippen MR) is 111 cm³/mol. The molecular formula is C18H30N4O3S2. The third-order valence-corrected chi connectivity index (χ3v) is 7.91. The molecule has 1 aliphatic rings. The highest BCUT2D eigenvalue weighted by Crippen LogP contribution is 2.25. The van der Waals surface area contributed by atoms with Gasteiger partial charge >= 0.3 is 0 Å². The maximum atomic E-state index is 12.7. The summed E-state index contributed by atoms with van der Waals surface area (Å²) in [7, 11) is -3.41. The minimum absolute atomic E-state index is 0.0726. The van der Waals surface area contributed by atoms with Crippen molar-refractivity contribution >= 4 is 33.6 Å². The van der Waals surface area contributed by atoms with E-state index in [1.165, 1.54) is 8.61 Å². The van der Waals surface area contributed by atoms with E-state index in [0.29, 0.717) is 39.3 Å². The van der Waals surface area contributed by atoms with E-state index in [2.05, 4.69) is 5.32 Å². The number of nitrogens with one attached hydrogen (secondary N) is 1. The first kappa shape index (κ1) is 22.2. The average molecular weight is 415 g/mol. The van der Waals surface area contributed by atoms with Crippen LogP contribution in [0.1, 0.15) is 20.8 Å². The van der Waals surface area contributed by atoms with E-state index in [-0.39, 0.29) is 11.9 Å². The maximum Gasteiger partial charge on any atom is 0.282 e. The number of nitrogens with zero attached hydrogens (tertiary/aromatic N) is 3. The van der Waals surface area contributed by atoms with E-state index in [1.54, 1.807) is 11.8 Å². The number of hydrogen-bond donors (Lipinski definition) is 1. The molecule has 1 saturated heterocycles. The first-order valence-electron chi connectivity index (χ1n) is 9.28. The lowest BCUT2D eigenvalue weighted by Gasteiger charge is -2.38. The van der Waals surface area contributed by atoms with E-state index < -0.39 is 10.2 Å². The van der Waals surface area contributed by atoms with Gasteiger partial charge in [-0.15, -0.1) is 11.8 Å². The Balaban J connectivity index is 1.96. The summed E-state index contributed by atoms with van der Waals surface area (Å²) in [4.78, 5) is 15.7. The molecule has 9 heteroatoms. The van der Waals surface area contributed by atoms with Crippen molar-refractivity contribution in [3.05, 3.63) is 24.3 Å². The van der Waals surface area contributed by atoms with Gasteiger partial charge in [0, 0.05) is 44.2 Å². The predicted octanol–water partition coefficient (Wildman–Crippen LogP) is 1.94. The number of rotatable bonds is 8. The Labute approximate surface area is 167 Å². The van der Waals surface area contributed by atoms with Crippen molar-refractivity contribution in [2.24, 2.45) is 0 Å². The van der Waals surface area contributed by atoms with Gasteiger partial charge in [-0.2, -0.15) is 17.0 Å². The molecule has 27 heavy (non-hydrogen) atoms. The Hall–Kier alpha value is -1.13. The van der Waals surface area contributed by atoms with Gasteiger partial charge in [-0.3, -0.25) is 9.69 Å². The highest BCUT2D eigenvalue weighted by Gasteiger charge is 2.33. The van der Waals surface area contributed by atoms with Crippen LogP contribution in [0.5, 0.6) is 0 Å². The zero-order valence-corrected chi connectivity index (χ0v) is 18.1. The monoisotopic (exact) mass is 414 g/mol. The highest BCUT2D eigenvalue weighted by molar-refractivity contribution is 7.98. The summed E-state index contributed by atoms with van der Waals surface area (Å²) >= 11 is 1.59. The number of benzene rings is 1. The summed E-state index contributed by atoms with van der Waals surface area (Å²) in [5.41, 5.74) is 0.810. The smallest absolute Gasteiger partial charge is 0.282 e. The van der Waals surface area contributed by atoms with Crippen LogP contribution in [0.25, 0.3) is 0 Å². The van der Waals surface area contributed by atoms with Gasteiger partial charge in [0.15, 0.2) is 0 Å². The van der Waals surface area contributed by atoms with Crippen molar-refractivity contribution in [2.45, 2.75) is 31.7 Å². The van der Waals surface area contributed by atoms with Crippen molar-refractivity contribution in [3.8, 4) is 0 Å². The number of hydrogen-bond acceptors (Lipinski definition) is 5. The Morgan fingerprint density at radius 1 is 1.19 bits per heavy atom. The van der Waals surface area contributed by atoms with Gasteiger partial charge in [-0.25, -0.2) is 0 Å². The highest BCUT2D eigenvalue weighted by atomic mass is 32.2. The van der Waals surface area contributed by atoms with Crippen LogP contribution in [0, 0.1) is 0 Å². The van der Waals surface area contributed by atoms with Gasteiger partial charge in [0.05, 0.1) is 11.7 Å². The van der Waals surface area contributed by atoms with E-state index in [0.717, 1.165) is 10.6 Å². The summed E-state index contributed by atoms with van der Waals surface area (Å²) in [6.45, 7) is 8.37. The molecule has 1 heterocycles. The standard InChI is InChI=1S/C18H30N4O3S2/c1-5-21(6-2)27(24,25)22-13-11-20(12-14-22)15(3)18(23)19-16-9-7-8-10-17(16)26-4/h7-10,15H,5-6,11-14H2,1-4H3,(H,19,23). The molecule has 7 nitrogen and oxygen atoms in total. The molecule has 0 aliphatic carbocycles. The minimum Gasteiger partial charge on any atom is -0.324 e. The van der Waals surface area contributed by atoms with E-state index in [4.69, 9.17) is 0 Å². The summed E-state index contributed by atoms with van der Waals surface area (Å²) in [6.07, 6.45) is 1.98. The van der Waals surface area contributed by atoms with E-state index in [1.807, 2.05) is 56.2 Å². The van der Waals surface area contributed by atoms with Crippen molar-refractivity contribution in [1.29, 1.82) is 0 Å². The fourth-order valence-corrected chi connectivity index (χ4v) is 5.34. The maximum absolute atomic E-state index is 12.7. The lowest BCUT2D eigenvalue weighted by molar-refractivity contribution is -0.121. The molecule has 0 spiro atoms. The van der Waals surface area contributed by atoms with Gasteiger partial charge in [-0.1, -0.05) is 26.0 Å². The van der Waals surface area contributed by atoms with Crippen LogP contribution < -0.4 is 5.32 Å². The molecule has 1 aromatic carbocycles. The molecule has 1 aliphatic heterocycles. The van der Waals surface area contributed by atoms with Crippen LogP contribution in [0.15, 0.2) is 29.2 Å². The van der Waals surface area contributed by atoms with Gasteiger partial charge < -0.3 is 5.32 Å². The summed E-state index contributed by atoms with van der Waals surface area (Å²) in [6, 6.07) is 7.39. The number of para-hydroxylation sites is 1. The van der Waals surface area contributed by atoms with Crippen LogP contribution in [0.3, 0.4) is 0 Å². The fraction of sp³-hybridized carbons (Fsp3) is 0.611. The molecule has 0 bridgehead atoms. The Morgan fingerprint density at radius 3 is 2.33 bits per heavy atom. The molecule has 152 valence electrons. The van der Waals surface area contributed by atoms with E-state index >= 15 is 0 Å². The fourth-order valence-electron chi connectivity index (χ4n) is 3.19. The second-order valence-corrected chi connectivity index (χ2v) is 9.17. The van der Waals surface area contributed by atoms with E-state index in [9.17, 15) is 13.2 Å². The van der Waals surface area contributed by atoms with Crippen LogP contribution in [-0.2, 0) is 15.0 Å². The van der Waals surface area contributed by atoms with Crippen molar-refractivity contribution in [2.75, 3.05) is 50.8 Å². The van der Waals surface area contributed by atoms with Crippen LogP contribution >= 0.6 is 11.8 Å². The molecule has 0 aromatic heterocycles. The van der Waals surface area contributed by atoms with Gasteiger partial charge in [0.25, 0.3) is 10.2 Å². The molecule has 0 saturated carbocycles. The van der Waals surface area contributed by atoms with Crippen molar-refractivity contribution < 1.29 is 13.2 Å². The lowest BCUT2D eigenvalue weighted by atomic mass is 10.2. The zero-order chi connectivity index (χ0) is 20.0. The zero-order valence-electron chi connectivity index (χ0n) is 16.5. The second kappa shape index (κ2) is 9.88. The molecule has 1 atom stereocenters. The molecule has 1 aromatic rings. The summed E-state index contributed by atoms with van der Waals surface area (Å²) in [5, 5.41) is 2.99. The molecule has 1 unspecified atom stereocenters. The topological polar surface area (TPSA) is 73.0 Å². The quantitative estimate of drug-likeness (QED) is 0.658. The normalized spacial score (nSPS) is 17.8. The number of thioether (sulfide) groups is 1. The summed E-state index contributed by atoms with van der Waals surface area (Å²) < 4.78 is 28.2. The number of piperazine rings is 1. The largest absolute Gasteiger partial charge is 0.324 e. The van der Waals surface area contributed by atoms with Crippen LogP contribution in [0.2, 0.25) is 0 Å². The Bertz CT molecular complexity index is 730. The molecule has 1 fully saturated rings. The molecule has 1 amide bonds. The number of anilines is 1. The minimum atomic E-state index is -3.41. The third kappa shape index (κ3) is 5.23. The average Bonchev–Trinajstić information content (AvgIpc) is 2.68. The molecular weight excluding hydrogens is 384 g/mol. The third-order valence-electron chi connectivity index (χ3n) is 4.92. The lowest BCUT2D eigenvalue weighted by Crippen LogP contribution is -2.56. The van der Waals surface area contributed by atoms with Gasteiger partial charge in [-0.05, 0) is 25.3 Å². The van der Waals surface area contributed by atoms with Gasteiger partial charge in [0.1, 0.15) is 0 Å². The van der Waals surface area contributed by atoms with Crippen molar-refractivity contribution in [1.82, 2.24) is 13.5 Å². The molecule has 1 N–H and O–H groups in total. The van der Waals surface area contributed by atoms with Crippen LogP contribution in [-0.4, -0.2) is 79.4 Å². The molecule has 2 rings (SSSR count). The second-order valence-electron chi connectivity index (χ2n) is 6.39. The number of amides is 1. The Morgan fingerprint density at radius 2 is 1.78 bits per heavy atom.